The Bertz CT molecular complexity index is 1480. The van der Waals surface area contributed by atoms with Gasteiger partial charge >= 0.3 is 5.97 Å². The third-order valence-corrected chi connectivity index (χ3v) is 7.34. The molecule has 0 saturated carbocycles. The van der Waals surface area contributed by atoms with Crippen LogP contribution in [0.3, 0.4) is 0 Å². The number of hydrogen-bond acceptors (Lipinski definition) is 9. The van der Waals surface area contributed by atoms with Crippen molar-refractivity contribution in [3.8, 4) is 26.9 Å². The predicted octanol–water partition coefficient (Wildman–Crippen LogP) is 6.54. The van der Waals surface area contributed by atoms with Crippen molar-refractivity contribution in [2.45, 2.75) is 0 Å². The summed E-state index contributed by atoms with van der Waals surface area (Å²) in [5.74, 6) is 0.526. The Kier molecular flexibility index (Phi) is 6.66. The van der Waals surface area contributed by atoms with Crippen molar-refractivity contribution in [1.29, 1.82) is 0 Å². The topological polar surface area (TPSA) is 93.4 Å². The van der Waals surface area contributed by atoms with Gasteiger partial charge in [-0.15, -0.1) is 11.3 Å². The van der Waals surface area contributed by atoms with E-state index in [1.165, 1.54) is 22.7 Å². The molecule has 7 nitrogen and oxygen atoms in total. The van der Waals surface area contributed by atoms with E-state index in [1.807, 2.05) is 66.8 Å². The van der Waals surface area contributed by atoms with Gasteiger partial charge in [-0.25, -0.2) is 14.8 Å². The second-order valence-electron chi connectivity index (χ2n) is 8.12. The second kappa shape index (κ2) is 10.2. The maximum atomic E-state index is 12.3. The smallest absolute Gasteiger partial charge is 0.343 e. The summed E-state index contributed by atoms with van der Waals surface area (Å²) in [6.07, 6.45) is 0. The highest BCUT2D eigenvalue weighted by molar-refractivity contribution is 7.23. The zero-order chi connectivity index (χ0) is 25.1. The number of benzene rings is 3. The molecule has 0 aliphatic heterocycles. The van der Waals surface area contributed by atoms with E-state index < -0.39 is 5.97 Å². The minimum atomic E-state index is -0.391. The molecule has 0 radical (unpaired) electrons. The number of aromatic nitrogens is 2. The quantitative estimate of drug-likeness (QED) is 0.188. The third-order valence-electron chi connectivity index (χ3n) is 5.36. The third kappa shape index (κ3) is 5.22. The van der Waals surface area contributed by atoms with Gasteiger partial charge in [-0.2, -0.15) is 0 Å². The molecule has 5 rings (SSSR count). The maximum Gasteiger partial charge on any atom is 0.343 e. The Labute approximate surface area is 216 Å². The predicted molar refractivity (Wildman–Crippen MR) is 149 cm³/mol. The Morgan fingerprint density at radius 2 is 1.67 bits per heavy atom. The summed E-state index contributed by atoms with van der Waals surface area (Å²) in [5, 5.41) is 6.81. The minimum absolute atomic E-state index is 0.391. The molecule has 2 heterocycles. The van der Waals surface area contributed by atoms with Crippen molar-refractivity contribution in [1.82, 2.24) is 9.97 Å². The Balaban J connectivity index is 1.28. The molecule has 3 N–H and O–H groups in total. The monoisotopic (exact) mass is 513 g/mol. The first-order valence-electron chi connectivity index (χ1n) is 11.1. The van der Waals surface area contributed by atoms with Crippen molar-refractivity contribution < 1.29 is 9.53 Å². The van der Waals surface area contributed by atoms with E-state index in [0.717, 1.165) is 32.5 Å². The zero-order valence-corrected chi connectivity index (χ0v) is 21.3. The number of thiazole rings is 2. The number of ether oxygens (including phenoxy) is 1. The van der Waals surface area contributed by atoms with Crippen molar-refractivity contribution in [3.05, 3.63) is 89.8 Å². The van der Waals surface area contributed by atoms with Gasteiger partial charge in [0.2, 0.25) is 0 Å². The van der Waals surface area contributed by atoms with Crippen molar-refractivity contribution >= 4 is 51.0 Å². The lowest BCUT2D eigenvalue weighted by Gasteiger charge is -2.12. The lowest BCUT2D eigenvalue weighted by atomic mass is 10.1. The number of anilines is 4. The van der Waals surface area contributed by atoms with Gasteiger partial charge in [-0.3, -0.25) is 0 Å². The van der Waals surface area contributed by atoms with E-state index in [4.69, 9.17) is 15.5 Å². The number of hydrogen-bond donors (Lipinski definition) is 2. The van der Waals surface area contributed by atoms with Crippen LogP contribution in [-0.2, 0) is 0 Å². The van der Waals surface area contributed by atoms with Crippen LogP contribution in [-0.4, -0.2) is 30.0 Å². The highest BCUT2D eigenvalue weighted by atomic mass is 32.1. The Morgan fingerprint density at radius 1 is 0.944 bits per heavy atom. The molecule has 2 aromatic heterocycles. The average Bonchev–Trinajstić information content (AvgIpc) is 3.52. The lowest BCUT2D eigenvalue weighted by molar-refractivity contribution is 0.0735. The number of nitrogen functional groups attached to an aromatic ring is 1. The molecule has 36 heavy (non-hydrogen) atoms. The number of esters is 1. The summed E-state index contributed by atoms with van der Waals surface area (Å²) in [6.45, 7) is 0. The standard InChI is InChI=1S/C27H23N5O2S2/c1-32(2)20-12-10-19(11-13-20)29-27-31-24(28)23(36-27)25-30-22(16-35-25)17-8-14-21(15-9-17)34-26(33)18-6-4-3-5-7-18/h3-16H,28H2,1-2H3,(H,29,31). The number of carbonyl (C=O) groups excluding carboxylic acids is 1. The molecule has 0 unspecified atom stereocenters. The lowest BCUT2D eigenvalue weighted by Crippen LogP contribution is -2.08. The van der Waals surface area contributed by atoms with E-state index in [9.17, 15) is 4.79 Å². The molecule has 0 aliphatic rings. The number of nitrogens with one attached hydrogen (secondary N) is 1. The Morgan fingerprint density at radius 3 is 2.36 bits per heavy atom. The molecule has 0 amide bonds. The van der Waals surface area contributed by atoms with Gasteiger partial charge in [0, 0.05) is 36.4 Å². The minimum Gasteiger partial charge on any atom is -0.423 e. The van der Waals surface area contributed by atoms with Crippen LogP contribution in [0.15, 0.2) is 84.2 Å². The first-order chi connectivity index (χ1) is 17.5. The van der Waals surface area contributed by atoms with Gasteiger partial charge in [-0.05, 0) is 60.7 Å². The van der Waals surface area contributed by atoms with Crippen molar-refractivity contribution in [2.24, 2.45) is 0 Å². The molecule has 9 heteroatoms. The fourth-order valence-electron chi connectivity index (χ4n) is 3.45. The first kappa shape index (κ1) is 23.5. The van der Waals surface area contributed by atoms with Crippen LogP contribution in [0.4, 0.5) is 22.3 Å². The van der Waals surface area contributed by atoms with E-state index >= 15 is 0 Å². The molecule has 0 spiro atoms. The fraction of sp³-hybridized carbons (Fsp3) is 0.0741. The zero-order valence-electron chi connectivity index (χ0n) is 19.6. The molecule has 0 bridgehead atoms. The van der Waals surface area contributed by atoms with Gasteiger partial charge in [0.25, 0.3) is 0 Å². The van der Waals surface area contributed by atoms with Crippen LogP contribution < -0.4 is 20.7 Å². The number of nitrogens with zero attached hydrogens (tertiary/aromatic N) is 3. The van der Waals surface area contributed by atoms with Crippen molar-refractivity contribution in [3.63, 3.8) is 0 Å². The molecule has 5 aromatic rings. The van der Waals surface area contributed by atoms with Gasteiger partial charge < -0.3 is 20.7 Å². The summed E-state index contributed by atoms with van der Waals surface area (Å²) in [4.78, 5) is 24.4. The molecule has 0 aliphatic carbocycles. The second-order valence-corrected chi connectivity index (χ2v) is 9.97. The van der Waals surface area contributed by atoms with E-state index in [2.05, 4.69) is 10.3 Å². The number of nitrogens with two attached hydrogens (primary N) is 1. The molecule has 0 saturated heterocycles. The molecule has 180 valence electrons. The van der Waals surface area contributed by atoms with Gasteiger partial charge in [0.05, 0.1) is 11.3 Å². The van der Waals surface area contributed by atoms with Gasteiger partial charge in [0.1, 0.15) is 21.5 Å². The summed E-state index contributed by atoms with van der Waals surface area (Å²) >= 11 is 2.98. The highest BCUT2D eigenvalue weighted by Gasteiger charge is 2.16. The molecular formula is C27H23N5O2S2. The first-order valence-corrected chi connectivity index (χ1v) is 12.8. The largest absolute Gasteiger partial charge is 0.423 e. The number of rotatable bonds is 7. The van der Waals surface area contributed by atoms with Crippen LogP contribution in [0, 0.1) is 0 Å². The van der Waals surface area contributed by atoms with Crippen LogP contribution in [0.25, 0.3) is 21.1 Å². The summed E-state index contributed by atoms with van der Waals surface area (Å²) in [7, 11) is 4.02. The highest BCUT2D eigenvalue weighted by Crippen LogP contribution is 2.39. The van der Waals surface area contributed by atoms with Crippen LogP contribution in [0.1, 0.15) is 10.4 Å². The average molecular weight is 514 g/mol. The summed E-state index contributed by atoms with van der Waals surface area (Å²) in [5.41, 5.74) is 10.5. The maximum absolute atomic E-state index is 12.3. The van der Waals surface area contributed by atoms with Crippen LogP contribution >= 0.6 is 22.7 Å². The number of carbonyl (C=O) groups is 1. The van der Waals surface area contributed by atoms with E-state index in [1.54, 1.807) is 36.4 Å². The van der Waals surface area contributed by atoms with E-state index in [0.29, 0.717) is 22.3 Å². The molecular weight excluding hydrogens is 490 g/mol. The van der Waals surface area contributed by atoms with Crippen LogP contribution in [0.5, 0.6) is 5.75 Å². The van der Waals surface area contributed by atoms with Crippen molar-refractivity contribution in [2.75, 3.05) is 30.0 Å². The summed E-state index contributed by atoms with van der Waals surface area (Å²) in [6, 6.07) is 24.3. The van der Waals surface area contributed by atoms with Gasteiger partial charge in [-0.1, -0.05) is 29.5 Å². The SMILES string of the molecule is CN(C)c1ccc(Nc2nc(N)c(-c3nc(-c4ccc(OC(=O)c5ccccc5)cc4)cs3)s2)cc1. The summed E-state index contributed by atoms with van der Waals surface area (Å²) < 4.78 is 5.46. The molecule has 3 aromatic carbocycles. The molecule has 0 atom stereocenters. The normalized spacial score (nSPS) is 10.7. The Hall–Kier alpha value is -4.21. The fourth-order valence-corrected chi connectivity index (χ4v) is 5.28. The van der Waals surface area contributed by atoms with E-state index in [-0.39, 0.29) is 0 Å². The molecule has 0 fully saturated rings. The van der Waals surface area contributed by atoms with Gasteiger partial charge in [0.15, 0.2) is 5.13 Å². The van der Waals surface area contributed by atoms with Crippen LogP contribution in [0.2, 0.25) is 0 Å².